The van der Waals surface area contributed by atoms with Crippen LogP contribution in [0.4, 0.5) is 0 Å². The first kappa shape index (κ1) is 105. The van der Waals surface area contributed by atoms with Gasteiger partial charge in [-0.2, -0.15) is 0 Å². The lowest BCUT2D eigenvalue weighted by Crippen LogP contribution is -2.63. The highest BCUT2D eigenvalue weighted by Crippen LogP contribution is 2.35. The summed E-state index contributed by atoms with van der Waals surface area (Å²) in [6.07, 6.45) is -15.7. The average molecular weight is 1890 g/mol. The molecule has 11 atom stereocenters. The largest absolute Gasteiger partial charge is 0.459 e. The summed E-state index contributed by atoms with van der Waals surface area (Å²) in [7, 11) is 0. The van der Waals surface area contributed by atoms with Crippen LogP contribution >= 0.6 is 0 Å². The molecule has 2 saturated heterocycles. The van der Waals surface area contributed by atoms with E-state index in [1.807, 2.05) is 0 Å². The zero-order valence-electron chi connectivity index (χ0n) is 75.0. The number of rotatable bonds is 61. The van der Waals surface area contributed by atoms with Crippen LogP contribution in [-0.4, -0.2) is 309 Å². The van der Waals surface area contributed by atoms with E-state index in [2.05, 4.69) is 16.0 Å². The molecule has 136 heavy (non-hydrogen) atoms. The zero-order chi connectivity index (χ0) is 96.0. The van der Waals surface area contributed by atoms with Gasteiger partial charge in [0.25, 0.3) is 0 Å². The number of carbonyl (C=O) groups is 11. The van der Waals surface area contributed by atoms with E-state index in [0.717, 1.165) is 0 Å². The number of nitrogens with two attached hydrogens (primary N) is 1. The van der Waals surface area contributed by atoms with Gasteiger partial charge in [0.15, 0.2) is 49.2 Å². The minimum absolute atomic E-state index is 0.0196. The minimum atomic E-state index is -1.64. The molecule has 3 amide bonds. The monoisotopic (exact) mass is 1890 g/mol. The highest BCUT2D eigenvalue weighted by atomic mass is 16.8. The number of amides is 3. The number of carbonyl (C=O) groups excluding carboxylic acids is 11. The van der Waals surface area contributed by atoms with E-state index in [9.17, 15) is 52.7 Å². The molecule has 0 bridgehead atoms. The van der Waals surface area contributed by atoms with Gasteiger partial charge in [0.1, 0.15) is 25.4 Å². The van der Waals surface area contributed by atoms with Crippen molar-refractivity contribution >= 4 is 65.5 Å². The Balaban J connectivity index is 0.652. The van der Waals surface area contributed by atoms with E-state index >= 15 is 0 Å². The third-order valence-electron chi connectivity index (χ3n) is 20.1. The molecular formula is C99H114N4O33. The van der Waals surface area contributed by atoms with E-state index in [1.54, 1.807) is 170 Å². The van der Waals surface area contributed by atoms with Gasteiger partial charge in [-0.1, -0.05) is 146 Å². The number of hydrogen-bond acceptors (Lipinski definition) is 34. The van der Waals surface area contributed by atoms with Gasteiger partial charge in [-0.05, 0) is 97.1 Å². The summed E-state index contributed by atoms with van der Waals surface area (Å²) >= 11 is 0. The molecule has 2 aliphatic heterocycles. The van der Waals surface area contributed by atoms with Crippen LogP contribution in [0.1, 0.15) is 102 Å². The van der Waals surface area contributed by atoms with Crippen LogP contribution in [0.25, 0.3) is 0 Å². The molecule has 0 radical (unpaired) electrons. The number of nitrogens with one attached hydrogen (secondary N) is 3. The second-order valence-electron chi connectivity index (χ2n) is 30.4. The van der Waals surface area contributed by atoms with Gasteiger partial charge in [0.05, 0.1) is 189 Å². The number of aliphatic hydroxyl groups excluding tert-OH is 1. The van der Waals surface area contributed by atoms with Gasteiger partial charge in [0, 0.05) is 38.9 Å². The predicted molar refractivity (Wildman–Crippen MR) is 481 cm³/mol. The molecule has 2 heterocycles. The molecule has 8 aromatic carbocycles. The smallest absolute Gasteiger partial charge is 0.338 e. The third-order valence-corrected chi connectivity index (χ3v) is 20.1. The normalized spacial score (nSPS) is 18.2. The Labute approximate surface area is 785 Å². The highest BCUT2D eigenvalue weighted by molar-refractivity contribution is 5.94. The zero-order valence-corrected chi connectivity index (χ0v) is 75.0. The van der Waals surface area contributed by atoms with Crippen molar-refractivity contribution < 1.29 is 157 Å². The summed E-state index contributed by atoms with van der Waals surface area (Å²) in [4.78, 5) is 149. The summed E-state index contributed by atoms with van der Waals surface area (Å²) in [5, 5.41) is 17.1. The topological polar surface area (TPSA) is 464 Å². The lowest BCUT2D eigenvalue weighted by molar-refractivity contribution is -0.300. The molecule has 37 heteroatoms. The number of esters is 8. The van der Waals surface area contributed by atoms with Crippen LogP contribution in [-0.2, 0) is 114 Å². The molecule has 728 valence electrons. The highest BCUT2D eigenvalue weighted by Gasteiger charge is 2.56. The van der Waals surface area contributed by atoms with Crippen molar-refractivity contribution in [1.29, 1.82) is 0 Å². The number of aliphatic hydroxyl groups is 1. The number of benzene rings is 8. The molecule has 6 unspecified atom stereocenters. The third kappa shape index (κ3) is 37.2. The van der Waals surface area contributed by atoms with Crippen LogP contribution in [0.3, 0.4) is 0 Å². The fourth-order valence-corrected chi connectivity index (χ4v) is 13.3. The number of hydrogen-bond donors (Lipinski definition) is 5. The van der Waals surface area contributed by atoms with Crippen molar-refractivity contribution in [3.63, 3.8) is 0 Å². The first-order valence-corrected chi connectivity index (χ1v) is 44.4. The van der Waals surface area contributed by atoms with E-state index in [4.69, 9.17) is 110 Å². The van der Waals surface area contributed by atoms with E-state index < -0.39 is 128 Å². The number of ether oxygens (including phenoxy) is 21. The Bertz CT molecular complexity index is 4610. The molecule has 37 nitrogen and oxygen atoms in total. The van der Waals surface area contributed by atoms with Crippen molar-refractivity contribution in [3.05, 3.63) is 287 Å². The van der Waals surface area contributed by atoms with Crippen LogP contribution in [0.2, 0.25) is 0 Å². The van der Waals surface area contributed by atoms with Crippen LogP contribution in [0.5, 0.6) is 0 Å². The van der Waals surface area contributed by atoms with Crippen molar-refractivity contribution in [3.8, 4) is 0 Å². The van der Waals surface area contributed by atoms with Gasteiger partial charge in [-0.3, -0.25) is 14.4 Å². The van der Waals surface area contributed by atoms with Gasteiger partial charge in [0.2, 0.25) is 17.7 Å². The minimum Gasteiger partial charge on any atom is -0.459 e. The van der Waals surface area contributed by atoms with Crippen LogP contribution < -0.4 is 21.7 Å². The summed E-state index contributed by atoms with van der Waals surface area (Å²) in [5.74, 6) is -7.75. The fraction of sp³-hybridized carbons (Fsp3) is 0.404. The van der Waals surface area contributed by atoms with Crippen molar-refractivity contribution in [2.24, 2.45) is 5.73 Å². The Morgan fingerprint density at radius 3 is 0.743 bits per heavy atom. The van der Waals surface area contributed by atoms with Gasteiger partial charge >= 0.3 is 47.8 Å². The van der Waals surface area contributed by atoms with E-state index in [1.165, 1.54) is 72.8 Å². The molecule has 0 aromatic heterocycles. The summed E-state index contributed by atoms with van der Waals surface area (Å²) in [6, 6.07) is 63.9. The Hall–Kier alpha value is -12.7. The van der Waals surface area contributed by atoms with Crippen LogP contribution in [0, 0.1) is 0 Å². The van der Waals surface area contributed by atoms with E-state index in [0.29, 0.717) is 0 Å². The first-order chi connectivity index (χ1) is 66.4. The Morgan fingerprint density at radius 1 is 0.265 bits per heavy atom. The molecule has 0 spiro atoms. The van der Waals surface area contributed by atoms with Gasteiger partial charge in [-0.15, -0.1) is 0 Å². The maximum Gasteiger partial charge on any atom is 0.338 e. The molecule has 10 rings (SSSR count). The molecule has 0 aliphatic carbocycles. The molecular weight excluding hydrogens is 1770 g/mol. The lowest BCUT2D eigenvalue weighted by Gasteiger charge is -2.44. The molecule has 0 saturated carbocycles. The second-order valence-corrected chi connectivity index (χ2v) is 30.4. The fourth-order valence-electron chi connectivity index (χ4n) is 13.3. The van der Waals surface area contributed by atoms with E-state index in [-0.39, 0.29) is 240 Å². The van der Waals surface area contributed by atoms with Gasteiger partial charge in [-0.25, -0.2) is 38.4 Å². The SMILES string of the molecule is NC(COCCC(=O)NCCOCCOCCO)(COCCC(=O)NCCOCCOCCO[C@@H]1OC(COC(=O)c2ccccc2)[C@@H](OC(=O)c2ccccc2)C(OC(=O)c2ccccc2)C1OC(=O)c1ccccc1)COCCC(=O)NCCOCCOCCO[C@@H]1OC(COC(=O)c2ccccc2)[C@@H](OC(=O)c2ccccc2)C(OC(=O)c2ccccc2)[C@H]1OC(=O)c1ccccc1. The first-order valence-electron chi connectivity index (χ1n) is 44.4. The summed E-state index contributed by atoms with van der Waals surface area (Å²) in [6.45, 7) is -0.564. The maximum atomic E-state index is 14.1. The van der Waals surface area contributed by atoms with Gasteiger partial charge < -0.3 is 126 Å². The predicted octanol–water partition coefficient (Wildman–Crippen LogP) is 6.90. The lowest BCUT2D eigenvalue weighted by atomic mass is 9.97. The van der Waals surface area contributed by atoms with Crippen molar-refractivity contribution in [1.82, 2.24) is 16.0 Å². The standard InChI is InChI=1S/C99H114N4O33/c100-99(67-122-48-41-80(105)101-44-51-116-55-58-119-54-47-104,68-123-49-42-81(106)102-45-52-117-56-59-120-61-63-125-97-87(135-95(114)76-37-21-7-22-38-76)85(133-93(112)74-33-17-5-18-34-74)83(131-91(110)72-29-13-3-14-30-72)78(129-97)65-127-89(108)70-25-9-1-10-26-70)69-124-50-43-82(107)103-46-53-118-57-60-121-62-64-126-98-88(136-96(115)77-39-23-8-24-40-77)86(134-94(113)75-35-19-6-20-36-75)84(132-92(111)73-31-15-4-16-32-73)79(130-98)66-128-90(109)71-27-11-2-12-28-71/h1-40,78-79,83-88,97-98,104H,41-69,100H2,(H,101,105)(H,102,106)(H,103,107)/t78?,79?,83-,84-,85?,86?,87-,88?,97-,98-,99?/m1/s1. The van der Waals surface area contributed by atoms with Crippen molar-refractivity contribution in [2.45, 2.75) is 86.2 Å². The molecule has 6 N–H and O–H groups in total. The quantitative estimate of drug-likeness (QED) is 0.0147. The van der Waals surface area contributed by atoms with Crippen LogP contribution in [0.15, 0.2) is 243 Å². The Morgan fingerprint density at radius 2 is 0.485 bits per heavy atom. The Kier molecular flexibility index (Phi) is 46.5. The maximum absolute atomic E-state index is 14.1. The second kappa shape index (κ2) is 59.9. The van der Waals surface area contributed by atoms with Crippen molar-refractivity contribution in [2.75, 3.05) is 172 Å². The average Bonchev–Trinajstić information content (AvgIpc) is 0.778. The molecule has 2 fully saturated rings. The summed E-state index contributed by atoms with van der Waals surface area (Å²) < 4.78 is 125. The molecule has 2 aliphatic rings. The summed E-state index contributed by atoms with van der Waals surface area (Å²) in [5.41, 5.74) is 6.58. The molecule has 8 aromatic rings.